The molecule has 100 valence electrons. The largest absolute Gasteiger partial charge is 0.120 e. The Bertz CT molecular complexity index is 294. The van der Waals surface area contributed by atoms with Gasteiger partial charge in [0.05, 0.1) is 0 Å². The standard InChI is InChI=1S/C16H30S/c1-12(11-14(3,4)5)16(9,10)17-13(2)15(6,7)8/h1-2,11H2,3-10H3. The van der Waals surface area contributed by atoms with Crippen LogP contribution < -0.4 is 0 Å². The van der Waals surface area contributed by atoms with Crippen LogP contribution >= 0.6 is 11.8 Å². The van der Waals surface area contributed by atoms with Gasteiger partial charge in [0.2, 0.25) is 0 Å². The maximum Gasteiger partial charge on any atom is 0.0353 e. The van der Waals surface area contributed by atoms with Crippen molar-refractivity contribution in [3.8, 4) is 0 Å². The maximum absolute atomic E-state index is 4.28. The summed E-state index contributed by atoms with van der Waals surface area (Å²) in [7, 11) is 0. The zero-order valence-electron chi connectivity index (χ0n) is 13.0. The Labute approximate surface area is 113 Å². The zero-order chi connectivity index (χ0) is 14.1. The number of hydrogen-bond donors (Lipinski definition) is 0. The van der Waals surface area contributed by atoms with Crippen LogP contribution in [0.4, 0.5) is 0 Å². The molecule has 0 aliphatic rings. The molecule has 0 aliphatic carbocycles. The zero-order valence-corrected chi connectivity index (χ0v) is 13.8. The Morgan fingerprint density at radius 2 is 1.29 bits per heavy atom. The van der Waals surface area contributed by atoms with Crippen LogP contribution in [-0.2, 0) is 0 Å². The Morgan fingerprint density at radius 3 is 1.59 bits per heavy atom. The van der Waals surface area contributed by atoms with Gasteiger partial charge in [-0.2, -0.15) is 0 Å². The third kappa shape index (κ3) is 6.35. The minimum absolute atomic E-state index is 0.0671. The molecule has 0 unspecified atom stereocenters. The SMILES string of the molecule is C=C(SC(C)(C)C(=C)CC(C)(C)C)C(C)(C)C. The molecule has 0 aromatic heterocycles. The molecule has 1 heteroatoms. The van der Waals surface area contributed by atoms with E-state index in [2.05, 4.69) is 68.5 Å². The summed E-state index contributed by atoms with van der Waals surface area (Å²) in [6, 6.07) is 0. The Hall–Kier alpha value is -0.170. The Balaban J connectivity index is 4.70. The van der Waals surface area contributed by atoms with Crippen LogP contribution in [0, 0.1) is 10.8 Å². The first-order valence-electron chi connectivity index (χ1n) is 6.32. The topological polar surface area (TPSA) is 0 Å². The highest BCUT2D eigenvalue weighted by Crippen LogP contribution is 2.45. The molecule has 0 fully saturated rings. The van der Waals surface area contributed by atoms with Crippen molar-refractivity contribution in [2.75, 3.05) is 0 Å². The van der Waals surface area contributed by atoms with Crippen LogP contribution in [0.2, 0.25) is 0 Å². The van der Waals surface area contributed by atoms with Crippen LogP contribution in [0.1, 0.15) is 61.8 Å². The lowest BCUT2D eigenvalue weighted by Gasteiger charge is -2.34. The molecule has 0 spiro atoms. The minimum Gasteiger partial charge on any atom is -0.120 e. The average Bonchev–Trinajstić information content (AvgIpc) is 1.97. The molecule has 0 radical (unpaired) electrons. The highest BCUT2D eigenvalue weighted by atomic mass is 32.2. The van der Waals surface area contributed by atoms with Crippen molar-refractivity contribution in [2.45, 2.75) is 66.6 Å². The van der Waals surface area contributed by atoms with Crippen LogP contribution in [-0.4, -0.2) is 4.75 Å². The highest BCUT2D eigenvalue weighted by Gasteiger charge is 2.29. The van der Waals surface area contributed by atoms with E-state index in [4.69, 9.17) is 0 Å². The van der Waals surface area contributed by atoms with Gasteiger partial charge in [-0.25, -0.2) is 0 Å². The fraction of sp³-hybridized carbons (Fsp3) is 0.750. The monoisotopic (exact) mass is 254 g/mol. The van der Waals surface area contributed by atoms with Crippen molar-refractivity contribution in [3.63, 3.8) is 0 Å². The van der Waals surface area contributed by atoms with E-state index in [0.717, 1.165) is 6.42 Å². The minimum atomic E-state index is 0.0671. The third-order valence-corrected chi connectivity index (χ3v) is 4.47. The molecule has 0 nitrogen and oxygen atoms in total. The van der Waals surface area contributed by atoms with Gasteiger partial charge in [0, 0.05) is 4.75 Å². The second-order valence-electron chi connectivity index (χ2n) is 7.63. The normalized spacial score (nSPS) is 13.6. The van der Waals surface area contributed by atoms with Gasteiger partial charge in [0.1, 0.15) is 0 Å². The fourth-order valence-electron chi connectivity index (χ4n) is 1.39. The fourth-order valence-corrected chi connectivity index (χ4v) is 2.52. The summed E-state index contributed by atoms with van der Waals surface area (Å²) in [5, 5.41) is 0. The summed E-state index contributed by atoms with van der Waals surface area (Å²) in [6.45, 7) is 26.4. The van der Waals surface area contributed by atoms with Crippen molar-refractivity contribution in [3.05, 3.63) is 23.6 Å². The molecule has 0 aliphatic heterocycles. The molecule has 0 atom stereocenters. The van der Waals surface area contributed by atoms with Crippen molar-refractivity contribution in [1.29, 1.82) is 0 Å². The molecule has 0 aromatic carbocycles. The summed E-state index contributed by atoms with van der Waals surface area (Å²) >= 11 is 1.86. The van der Waals surface area contributed by atoms with E-state index in [1.807, 2.05) is 11.8 Å². The first-order valence-corrected chi connectivity index (χ1v) is 7.14. The van der Waals surface area contributed by atoms with E-state index in [9.17, 15) is 0 Å². The average molecular weight is 254 g/mol. The van der Waals surface area contributed by atoms with E-state index in [1.165, 1.54) is 10.5 Å². The van der Waals surface area contributed by atoms with Crippen LogP contribution in [0.3, 0.4) is 0 Å². The number of hydrogen-bond acceptors (Lipinski definition) is 1. The lowest BCUT2D eigenvalue weighted by atomic mass is 9.84. The predicted octanol–water partition coefficient (Wildman–Crippen LogP) is 6.05. The van der Waals surface area contributed by atoms with Gasteiger partial charge in [0.15, 0.2) is 0 Å². The summed E-state index contributed by atoms with van der Waals surface area (Å²) in [5.74, 6) is 0. The smallest absolute Gasteiger partial charge is 0.0353 e. The maximum atomic E-state index is 4.28. The van der Waals surface area contributed by atoms with E-state index in [1.54, 1.807) is 0 Å². The summed E-state index contributed by atoms with van der Waals surface area (Å²) < 4.78 is 0.0671. The molecule has 17 heavy (non-hydrogen) atoms. The van der Waals surface area contributed by atoms with Gasteiger partial charge < -0.3 is 0 Å². The van der Waals surface area contributed by atoms with E-state index in [-0.39, 0.29) is 10.2 Å². The molecule has 0 bridgehead atoms. The van der Waals surface area contributed by atoms with Gasteiger partial charge in [-0.1, -0.05) is 60.3 Å². The summed E-state index contributed by atoms with van der Waals surface area (Å²) in [6.07, 6.45) is 1.06. The van der Waals surface area contributed by atoms with Gasteiger partial charge in [0.25, 0.3) is 0 Å². The number of rotatable bonds is 4. The summed E-state index contributed by atoms with van der Waals surface area (Å²) in [4.78, 5) is 1.23. The van der Waals surface area contributed by atoms with Crippen molar-refractivity contribution in [1.82, 2.24) is 0 Å². The predicted molar refractivity (Wildman–Crippen MR) is 83.5 cm³/mol. The van der Waals surface area contributed by atoms with E-state index in [0.29, 0.717) is 5.41 Å². The molecule has 0 saturated heterocycles. The third-order valence-electron chi connectivity index (χ3n) is 2.81. The highest BCUT2D eigenvalue weighted by molar-refractivity contribution is 8.04. The molecule has 0 amide bonds. The quantitative estimate of drug-likeness (QED) is 0.550. The molecular formula is C16H30S. The van der Waals surface area contributed by atoms with Gasteiger partial charge in [-0.3, -0.25) is 0 Å². The van der Waals surface area contributed by atoms with Crippen molar-refractivity contribution >= 4 is 11.8 Å². The van der Waals surface area contributed by atoms with Crippen LogP contribution in [0.25, 0.3) is 0 Å². The van der Waals surface area contributed by atoms with Crippen LogP contribution in [0.5, 0.6) is 0 Å². The van der Waals surface area contributed by atoms with Crippen molar-refractivity contribution < 1.29 is 0 Å². The van der Waals surface area contributed by atoms with Gasteiger partial charge >= 0.3 is 0 Å². The second kappa shape index (κ2) is 5.22. The molecular weight excluding hydrogens is 224 g/mol. The Morgan fingerprint density at radius 1 is 0.882 bits per heavy atom. The first-order chi connectivity index (χ1) is 7.26. The molecule has 0 heterocycles. The van der Waals surface area contributed by atoms with Gasteiger partial charge in [-0.15, -0.1) is 11.8 Å². The van der Waals surface area contributed by atoms with Crippen molar-refractivity contribution in [2.24, 2.45) is 10.8 Å². The number of allylic oxidation sites excluding steroid dienone is 1. The first kappa shape index (κ1) is 16.8. The summed E-state index contributed by atoms with van der Waals surface area (Å²) in [5.41, 5.74) is 1.77. The lowest BCUT2D eigenvalue weighted by molar-refractivity contribution is 0.399. The molecule has 0 rings (SSSR count). The van der Waals surface area contributed by atoms with E-state index >= 15 is 0 Å². The molecule has 0 N–H and O–H groups in total. The van der Waals surface area contributed by atoms with Gasteiger partial charge in [-0.05, 0) is 36.0 Å². The molecule has 0 saturated carbocycles. The lowest BCUT2D eigenvalue weighted by Crippen LogP contribution is -2.23. The second-order valence-corrected chi connectivity index (χ2v) is 9.34. The Kier molecular flexibility index (Phi) is 5.17. The number of thioether (sulfide) groups is 1. The van der Waals surface area contributed by atoms with Crippen LogP contribution in [0.15, 0.2) is 23.6 Å². The molecule has 0 aromatic rings. The van der Waals surface area contributed by atoms with E-state index < -0.39 is 0 Å².